The molecule has 1 aromatic carbocycles. The molecule has 19 heavy (non-hydrogen) atoms. The van der Waals surface area contributed by atoms with Gasteiger partial charge in [-0.25, -0.2) is 0 Å². The van der Waals surface area contributed by atoms with Crippen molar-refractivity contribution in [2.75, 3.05) is 6.54 Å². The number of hydrogen-bond acceptors (Lipinski definition) is 1. The molecule has 102 valence electrons. The highest BCUT2D eigenvalue weighted by Crippen LogP contribution is 2.36. The Morgan fingerprint density at radius 2 is 1.89 bits per heavy atom. The topological polar surface area (TPSA) is 20.3 Å². The normalized spacial score (nSPS) is 26.3. The zero-order chi connectivity index (χ0) is 13.2. The molecular weight excluding hydrogens is 302 g/mol. The zero-order valence-corrected chi connectivity index (χ0v) is 12.7. The molecule has 2 aliphatic rings. The van der Waals surface area contributed by atoms with E-state index in [0.29, 0.717) is 6.04 Å². The minimum atomic E-state index is 0.232. The van der Waals surface area contributed by atoms with Crippen LogP contribution in [-0.4, -0.2) is 23.4 Å². The van der Waals surface area contributed by atoms with Crippen molar-refractivity contribution < 1.29 is 4.79 Å². The number of halogens is 1. The first-order valence-electron chi connectivity index (χ1n) is 7.25. The maximum Gasteiger partial charge on any atom is 0.254 e. The average molecular weight is 322 g/mol. The first-order valence-corrected chi connectivity index (χ1v) is 8.37. The van der Waals surface area contributed by atoms with Gasteiger partial charge in [-0.2, -0.15) is 0 Å². The third-order valence-corrected chi connectivity index (χ3v) is 5.27. The maximum atomic E-state index is 12.6. The van der Waals surface area contributed by atoms with Gasteiger partial charge < -0.3 is 4.90 Å². The van der Waals surface area contributed by atoms with Crippen LogP contribution in [0.3, 0.4) is 0 Å². The highest BCUT2D eigenvalue weighted by molar-refractivity contribution is 9.08. The monoisotopic (exact) mass is 321 g/mol. The SMILES string of the molecule is O=C(c1ccc(CBr)cc1)N1CCC2CCCCC21. The first kappa shape index (κ1) is 13.2. The summed E-state index contributed by atoms with van der Waals surface area (Å²) in [7, 11) is 0. The summed E-state index contributed by atoms with van der Waals surface area (Å²) in [5.74, 6) is 0.995. The number of carbonyl (C=O) groups is 1. The lowest BCUT2D eigenvalue weighted by molar-refractivity contribution is 0.0690. The average Bonchev–Trinajstić information content (AvgIpc) is 2.90. The Morgan fingerprint density at radius 1 is 1.16 bits per heavy atom. The van der Waals surface area contributed by atoms with Crippen LogP contribution in [0, 0.1) is 5.92 Å². The Balaban J connectivity index is 1.75. The van der Waals surface area contributed by atoms with Crippen LogP contribution in [0.4, 0.5) is 0 Å². The van der Waals surface area contributed by atoms with E-state index in [4.69, 9.17) is 0 Å². The molecule has 0 aromatic heterocycles. The molecule has 2 nitrogen and oxygen atoms in total. The molecule has 1 aliphatic carbocycles. The van der Waals surface area contributed by atoms with Crippen LogP contribution in [0.25, 0.3) is 0 Å². The van der Waals surface area contributed by atoms with Crippen molar-refractivity contribution >= 4 is 21.8 Å². The van der Waals surface area contributed by atoms with E-state index in [9.17, 15) is 4.79 Å². The van der Waals surface area contributed by atoms with Crippen LogP contribution in [0.2, 0.25) is 0 Å². The molecule has 2 unspecified atom stereocenters. The summed E-state index contributed by atoms with van der Waals surface area (Å²) in [6, 6.07) is 8.52. The van der Waals surface area contributed by atoms with Crippen LogP contribution in [-0.2, 0) is 5.33 Å². The van der Waals surface area contributed by atoms with Crippen molar-refractivity contribution in [3.63, 3.8) is 0 Å². The van der Waals surface area contributed by atoms with Gasteiger partial charge in [-0.15, -0.1) is 0 Å². The second kappa shape index (κ2) is 5.66. The fourth-order valence-corrected chi connectivity index (χ4v) is 3.93. The van der Waals surface area contributed by atoms with E-state index in [1.165, 1.54) is 37.7 Å². The van der Waals surface area contributed by atoms with Gasteiger partial charge in [-0.05, 0) is 42.9 Å². The minimum Gasteiger partial charge on any atom is -0.335 e. The Labute approximate surface area is 123 Å². The molecule has 0 bridgehead atoms. The Kier molecular flexibility index (Phi) is 3.92. The summed E-state index contributed by atoms with van der Waals surface area (Å²) in [6.07, 6.45) is 6.36. The molecule has 0 radical (unpaired) electrons. The van der Waals surface area contributed by atoms with Gasteiger partial charge in [-0.1, -0.05) is 40.9 Å². The Hall–Kier alpha value is -0.830. The van der Waals surface area contributed by atoms with Gasteiger partial charge in [0.1, 0.15) is 0 Å². The van der Waals surface area contributed by atoms with Crippen molar-refractivity contribution in [3.05, 3.63) is 35.4 Å². The highest BCUT2D eigenvalue weighted by atomic mass is 79.9. The lowest BCUT2D eigenvalue weighted by Gasteiger charge is -2.31. The largest absolute Gasteiger partial charge is 0.335 e. The lowest BCUT2D eigenvalue weighted by Crippen LogP contribution is -2.39. The van der Waals surface area contributed by atoms with Crippen molar-refractivity contribution in [2.24, 2.45) is 5.92 Å². The molecule has 1 aliphatic heterocycles. The molecule has 0 N–H and O–H groups in total. The van der Waals surface area contributed by atoms with Gasteiger partial charge in [-0.3, -0.25) is 4.79 Å². The number of carbonyl (C=O) groups excluding carboxylic acids is 1. The van der Waals surface area contributed by atoms with E-state index < -0.39 is 0 Å². The number of nitrogens with zero attached hydrogens (tertiary/aromatic N) is 1. The highest BCUT2D eigenvalue weighted by Gasteiger charge is 2.38. The summed E-state index contributed by atoms with van der Waals surface area (Å²) >= 11 is 3.44. The first-order chi connectivity index (χ1) is 9.29. The van der Waals surface area contributed by atoms with Crippen LogP contribution in [0.15, 0.2) is 24.3 Å². The predicted molar refractivity (Wildman–Crippen MR) is 80.5 cm³/mol. The fourth-order valence-electron chi connectivity index (χ4n) is 3.56. The summed E-state index contributed by atoms with van der Waals surface area (Å²) in [5.41, 5.74) is 2.06. The Bertz CT molecular complexity index is 456. The van der Waals surface area contributed by atoms with Crippen molar-refractivity contribution in [2.45, 2.75) is 43.5 Å². The number of amides is 1. The van der Waals surface area contributed by atoms with Gasteiger partial charge >= 0.3 is 0 Å². The van der Waals surface area contributed by atoms with E-state index >= 15 is 0 Å². The van der Waals surface area contributed by atoms with Gasteiger partial charge in [0.15, 0.2) is 0 Å². The third-order valence-electron chi connectivity index (χ3n) is 4.63. The van der Waals surface area contributed by atoms with E-state index in [1.807, 2.05) is 24.3 Å². The van der Waals surface area contributed by atoms with E-state index in [2.05, 4.69) is 20.8 Å². The number of hydrogen-bond donors (Lipinski definition) is 0. The van der Waals surface area contributed by atoms with Gasteiger partial charge in [0.05, 0.1) is 0 Å². The quantitative estimate of drug-likeness (QED) is 0.754. The standard InChI is InChI=1S/C16H20BrNO/c17-11-12-5-7-14(8-6-12)16(19)18-10-9-13-3-1-2-4-15(13)18/h5-8,13,15H,1-4,9-11H2. The van der Waals surface area contributed by atoms with Crippen molar-refractivity contribution in [1.82, 2.24) is 4.90 Å². The molecule has 1 amide bonds. The predicted octanol–water partition coefficient (Wildman–Crippen LogP) is 3.99. The fraction of sp³-hybridized carbons (Fsp3) is 0.562. The van der Waals surface area contributed by atoms with Gasteiger partial charge in [0, 0.05) is 23.5 Å². The second-order valence-corrected chi connectivity index (χ2v) is 6.29. The molecule has 2 fully saturated rings. The van der Waals surface area contributed by atoms with Crippen molar-refractivity contribution in [1.29, 1.82) is 0 Å². The number of likely N-dealkylation sites (tertiary alicyclic amines) is 1. The Morgan fingerprint density at radius 3 is 2.63 bits per heavy atom. The summed E-state index contributed by atoms with van der Waals surface area (Å²) in [6.45, 7) is 0.953. The number of benzene rings is 1. The van der Waals surface area contributed by atoms with Gasteiger partial charge in [0.2, 0.25) is 0 Å². The number of alkyl halides is 1. The third kappa shape index (κ3) is 2.58. The van der Waals surface area contributed by atoms with E-state index in [0.717, 1.165) is 23.4 Å². The minimum absolute atomic E-state index is 0.232. The van der Waals surface area contributed by atoms with E-state index in [1.54, 1.807) is 0 Å². The lowest BCUT2D eigenvalue weighted by atomic mass is 9.85. The number of rotatable bonds is 2. The molecule has 3 rings (SSSR count). The summed E-state index contributed by atoms with van der Waals surface area (Å²) in [4.78, 5) is 14.7. The maximum absolute atomic E-state index is 12.6. The molecule has 3 heteroatoms. The molecule has 2 atom stereocenters. The van der Waals surface area contributed by atoms with Crippen LogP contribution in [0.5, 0.6) is 0 Å². The van der Waals surface area contributed by atoms with Crippen LogP contribution >= 0.6 is 15.9 Å². The molecular formula is C16H20BrNO. The number of fused-ring (bicyclic) bond motifs is 1. The molecule has 0 spiro atoms. The second-order valence-electron chi connectivity index (χ2n) is 5.73. The smallest absolute Gasteiger partial charge is 0.254 e. The molecule has 1 saturated heterocycles. The molecule has 1 saturated carbocycles. The zero-order valence-electron chi connectivity index (χ0n) is 11.1. The van der Waals surface area contributed by atoms with Crippen LogP contribution < -0.4 is 0 Å². The summed E-state index contributed by atoms with van der Waals surface area (Å²) < 4.78 is 0. The molecule has 1 heterocycles. The van der Waals surface area contributed by atoms with Crippen molar-refractivity contribution in [3.8, 4) is 0 Å². The van der Waals surface area contributed by atoms with Crippen LogP contribution in [0.1, 0.15) is 48.0 Å². The molecule has 1 aromatic rings. The van der Waals surface area contributed by atoms with E-state index in [-0.39, 0.29) is 5.91 Å². The summed E-state index contributed by atoms with van der Waals surface area (Å²) in [5, 5.41) is 0.843. The van der Waals surface area contributed by atoms with Gasteiger partial charge in [0.25, 0.3) is 5.91 Å².